The van der Waals surface area contributed by atoms with Crippen LogP contribution in [0.5, 0.6) is 0 Å². The van der Waals surface area contributed by atoms with Gasteiger partial charge in [-0.2, -0.15) is 24.9 Å². The lowest BCUT2D eigenvalue weighted by Crippen LogP contribution is -2.08. The standard InChI is InChI=1S/C11H13ClF3NS/c1-2-17-6-5-16-10-7-8(11(13,14)15)3-4-9(10)12/h3-4,7,16H,2,5-6H2,1H3. The number of halogens is 4. The van der Waals surface area contributed by atoms with Crippen LogP contribution in [0.4, 0.5) is 18.9 Å². The van der Waals surface area contributed by atoms with E-state index >= 15 is 0 Å². The number of hydrogen-bond acceptors (Lipinski definition) is 2. The Morgan fingerprint density at radius 2 is 2.06 bits per heavy atom. The first kappa shape index (κ1) is 14.5. The van der Waals surface area contributed by atoms with Crippen LogP contribution >= 0.6 is 23.4 Å². The highest BCUT2D eigenvalue weighted by Gasteiger charge is 2.30. The van der Waals surface area contributed by atoms with Gasteiger partial charge in [-0.1, -0.05) is 18.5 Å². The van der Waals surface area contributed by atoms with Crippen LogP contribution in [-0.2, 0) is 6.18 Å². The van der Waals surface area contributed by atoms with Crippen molar-refractivity contribution in [2.24, 2.45) is 0 Å². The average molecular weight is 284 g/mol. The Bertz CT molecular complexity index is 368. The third kappa shape index (κ3) is 4.68. The van der Waals surface area contributed by atoms with Crippen molar-refractivity contribution in [3.8, 4) is 0 Å². The van der Waals surface area contributed by atoms with Crippen LogP contribution in [0, 0.1) is 0 Å². The normalized spacial score (nSPS) is 11.6. The van der Waals surface area contributed by atoms with Crippen LogP contribution in [0.1, 0.15) is 12.5 Å². The molecule has 1 nitrogen and oxygen atoms in total. The molecule has 0 fully saturated rings. The van der Waals surface area contributed by atoms with Crippen molar-refractivity contribution in [2.75, 3.05) is 23.4 Å². The van der Waals surface area contributed by atoms with Crippen molar-refractivity contribution in [1.82, 2.24) is 0 Å². The van der Waals surface area contributed by atoms with Crippen molar-refractivity contribution in [3.63, 3.8) is 0 Å². The van der Waals surface area contributed by atoms with Gasteiger partial charge in [0.1, 0.15) is 0 Å². The largest absolute Gasteiger partial charge is 0.416 e. The van der Waals surface area contributed by atoms with Crippen LogP contribution in [0.3, 0.4) is 0 Å². The summed E-state index contributed by atoms with van der Waals surface area (Å²) in [5, 5.41) is 3.21. The third-order valence-corrected chi connectivity index (χ3v) is 3.29. The van der Waals surface area contributed by atoms with Gasteiger partial charge in [-0.15, -0.1) is 0 Å². The molecule has 0 aliphatic carbocycles. The number of thioether (sulfide) groups is 1. The molecule has 0 spiro atoms. The summed E-state index contributed by atoms with van der Waals surface area (Å²) in [6.45, 7) is 2.63. The first-order valence-corrected chi connectivity index (χ1v) is 6.66. The third-order valence-electron chi connectivity index (χ3n) is 2.06. The van der Waals surface area contributed by atoms with Gasteiger partial charge in [-0.05, 0) is 24.0 Å². The molecule has 96 valence electrons. The zero-order valence-corrected chi connectivity index (χ0v) is 10.8. The SMILES string of the molecule is CCSCCNc1cc(C(F)(F)F)ccc1Cl. The predicted octanol–water partition coefficient (Wildman–Crippen LogP) is 4.52. The first-order chi connectivity index (χ1) is 7.95. The second-order valence-electron chi connectivity index (χ2n) is 3.32. The summed E-state index contributed by atoms with van der Waals surface area (Å²) in [5.74, 6) is 1.82. The Kier molecular flexibility index (Phi) is 5.46. The fourth-order valence-corrected chi connectivity index (χ4v) is 1.96. The minimum absolute atomic E-state index is 0.305. The monoisotopic (exact) mass is 283 g/mol. The molecule has 0 amide bonds. The molecule has 0 aliphatic rings. The van der Waals surface area contributed by atoms with E-state index in [2.05, 4.69) is 5.32 Å². The molecule has 0 radical (unpaired) electrons. The van der Waals surface area contributed by atoms with E-state index in [9.17, 15) is 13.2 Å². The molecule has 0 aliphatic heterocycles. The Labute approximate surface area is 108 Å². The highest BCUT2D eigenvalue weighted by molar-refractivity contribution is 7.99. The molecule has 0 unspecified atom stereocenters. The minimum atomic E-state index is -4.33. The van der Waals surface area contributed by atoms with E-state index in [0.717, 1.165) is 23.6 Å². The van der Waals surface area contributed by atoms with E-state index in [1.165, 1.54) is 6.07 Å². The topological polar surface area (TPSA) is 12.0 Å². The van der Waals surface area contributed by atoms with Gasteiger partial charge in [0.25, 0.3) is 0 Å². The van der Waals surface area contributed by atoms with Gasteiger partial charge in [0.15, 0.2) is 0 Å². The number of hydrogen-bond donors (Lipinski definition) is 1. The van der Waals surface area contributed by atoms with E-state index in [4.69, 9.17) is 11.6 Å². The Balaban J connectivity index is 2.70. The fraction of sp³-hybridized carbons (Fsp3) is 0.455. The molecule has 1 N–H and O–H groups in total. The molecular weight excluding hydrogens is 271 g/mol. The highest BCUT2D eigenvalue weighted by atomic mass is 35.5. The molecule has 0 heterocycles. The van der Waals surface area contributed by atoms with Gasteiger partial charge in [0.2, 0.25) is 0 Å². The maximum atomic E-state index is 12.5. The zero-order chi connectivity index (χ0) is 12.9. The van der Waals surface area contributed by atoms with Crippen molar-refractivity contribution in [2.45, 2.75) is 13.1 Å². The molecule has 0 bridgehead atoms. The smallest absolute Gasteiger partial charge is 0.383 e. The van der Waals surface area contributed by atoms with Gasteiger partial charge in [-0.3, -0.25) is 0 Å². The quantitative estimate of drug-likeness (QED) is 0.797. The second kappa shape index (κ2) is 6.40. The lowest BCUT2D eigenvalue weighted by molar-refractivity contribution is -0.137. The van der Waals surface area contributed by atoms with Gasteiger partial charge in [0.05, 0.1) is 16.3 Å². The van der Waals surface area contributed by atoms with E-state index in [0.29, 0.717) is 17.3 Å². The average Bonchev–Trinajstić information content (AvgIpc) is 2.25. The summed E-state index contributed by atoms with van der Waals surface area (Å²) in [6.07, 6.45) is -4.33. The molecule has 0 atom stereocenters. The zero-order valence-electron chi connectivity index (χ0n) is 9.27. The minimum Gasteiger partial charge on any atom is -0.383 e. The molecule has 0 saturated carbocycles. The molecule has 17 heavy (non-hydrogen) atoms. The Morgan fingerprint density at radius 3 is 2.65 bits per heavy atom. The van der Waals surface area contributed by atoms with Crippen LogP contribution in [0.2, 0.25) is 5.02 Å². The van der Waals surface area contributed by atoms with Crippen molar-refractivity contribution >= 4 is 29.1 Å². The van der Waals surface area contributed by atoms with E-state index < -0.39 is 11.7 Å². The highest BCUT2D eigenvalue weighted by Crippen LogP contribution is 2.33. The predicted molar refractivity (Wildman–Crippen MR) is 67.9 cm³/mol. The van der Waals surface area contributed by atoms with Crippen LogP contribution in [-0.4, -0.2) is 18.1 Å². The summed E-state index contributed by atoms with van der Waals surface area (Å²) in [7, 11) is 0. The summed E-state index contributed by atoms with van der Waals surface area (Å²) >= 11 is 7.54. The molecule has 1 rings (SSSR count). The number of benzene rings is 1. The molecule has 0 aromatic heterocycles. The Hall–Kier alpha value is -0.550. The number of nitrogens with one attached hydrogen (secondary N) is 1. The van der Waals surface area contributed by atoms with Crippen molar-refractivity contribution < 1.29 is 13.2 Å². The number of rotatable bonds is 5. The summed E-state index contributed by atoms with van der Waals surface area (Å²) in [4.78, 5) is 0. The van der Waals surface area contributed by atoms with E-state index in [1.807, 2.05) is 6.92 Å². The van der Waals surface area contributed by atoms with Gasteiger partial charge in [-0.25, -0.2) is 0 Å². The maximum absolute atomic E-state index is 12.5. The lowest BCUT2D eigenvalue weighted by atomic mass is 10.2. The second-order valence-corrected chi connectivity index (χ2v) is 5.12. The molecule has 1 aromatic carbocycles. The lowest BCUT2D eigenvalue weighted by Gasteiger charge is -2.12. The van der Waals surface area contributed by atoms with E-state index in [-0.39, 0.29) is 0 Å². The Morgan fingerprint density at radius 1 is 1.35 bits per heavy atom. The van der Waals surface area contributed by atoms with Gasteiger partial charge >= 0.3 is 6.18 Å². The molecular formula is C11H13ClF3NS. The fourth-order valence-electron chi connectivity index (χ4n) is 1.24. The van der Waals surface area contributed by atoms with Crippen LogP contribution < -0.4 is 5.32 Å². The number of anilines is 1. The molecule has 1 aromatic rings. The van der Waals surface area contributed by atoms with Crippen molar-refractivity contribution in [1.29, 1.82) is 0 Å². The van der Waals surface area contributed by atoms with Gasteiger partial charge in [0, 0.05) is 12.3 Å². The van der Waals surface area contributed by atoms with E-state index in [1.54, 1.807) is 11.8 Å². The van der Waals surface area contributed by atoms with Crippen LogP contribution in [0.15, 0.2) is 18.2 Å². The first-order valence-electron chi connectivity index (χ1n) is 5.13. The summed E-state index contributed by atoms with van der Waals surface area (Å²) < 4.78 is 37.4. The summed E-state index contributed by atoms with van der Waals surface area (Å²) in [6, 6.07) is 3.28. The maximum Gasteiger partial charge on any atom is 0.416 e. The molecule has 6 heteroatoms. The number of alkyl halides is 3. The van der Waals surface area contributed by atoms with Crippen molar-refractivity contribution in [3.05, 3.63) is 28.8 Å². The van der Waals surface area contributed by atoms with Gasteiger partial charge < -0.3 is 5.32 Å². The molecule has 0 saturated heterocycles. The van der Waals surface area contributed by atoms with Crippen LogP contribution in [0.25, 0.3) is 0 Å². The summed E-state index contributed by atoms with van der Waals surface area (Å²) in [5.41, 5.74) is -0.356.